The van der Waals surface area contributed by atoms with Crippen LogP contribution in [0.25, 0.3) is 22.6 Å². The third-order valence-corrected chi connectivity index (χ3v) is 6.51. The maximum Gasteiger partial charge on any atom is 0.215 e. The zero-order valence-corrected chi connectivity index (χ0v) is 21.5. The lowest BCUT2D eigenvalue weighted by molar-refractivity contribution is 0.191. The third-order valence-electron chi connectivity index (χ3n) is 6.19. The number of nitrogens with one attached hydrogen (secondary N) is 1. The van der Waals surface area contributed by atoms with E-state index in [0.717, 1.165) is 55.4 Å². The van der Waals surface area contributed by atoms with E-state index in [1.54, 1.807) is 0 Å². The summed E-state index contributed by atoms with van der Waals surface area (Å²) < 4.78 is 14.0. The molecule has 0 unspecified atom stereocenters. The van der Waals surface area contributed by atoms with Crippen molar-refractivity contribution >= 4 is 22.8 Å². The van der Waals surface area contributed by atoms with Gasteiger partial charge in [-0.25, -0.2) is 4.98 Å². The van der Waals surface area contributed by atoms with Crippen LogP contribution in [0.2, 0.25) is 5.02 Å². The molecule has 0 atom stereocenters. The predicted octanol–water partition coefficient (Wildman–Crippen LogP) is 4.87. The van der Waals surface area contributed by atoms with E-state index in [0.29, 0.717) is 29.7 Å². The standard InChI is InChI=1S/C28H32ClN5O2/c1-20(2)36-26-11-10-25-27(31-26)32-28(34(25)19-21-6-4-3-5-7-21)23-9-8-22(18-24(23)29)35-17-16-33-14-12-30-13-15-33/h3-11,18,20,30H,12-17,19H2,1-2H3. The van der Waals surface area contributed by atoms with Gasteiger partial charge in [-0.05, 0) is 43.7 Å². The van der Waals surface area contributed by atoms with Crippen molar-refractivity contribution in [2.45, 2.75) is 26.5 Å². The van der Waals surface area contributed by atoms with Crippen LogP contribution >= 0.6 is 11.6 Å². The molecule has 0 spiro atoms. The highest BCUT2D eigenvalue weighted by Crippen LogP contribution is 2.33. The van der Waals surface area contributed by atoms with Gasteiger partial charge in [0.15, 0.2) is 5.65 Å². The second kappa shape index (κ2) is 11.3. The molecule has 1 fully saturated rings. The van der Waals surface area contributed by atoms with Crippen molar-refractivity contribution in [3.63, 3.8) is 0 Å². The first kappa shape index (κ1) is 24.6. The minimum absolute atomic E-state index is 0.0365. The second-order valence-electron chi connectivity index (χ2n) is 9.25. The number of rotatable bonds is 9. The molecule has 0 amide bonds. The van der Waals surface area contributed by atoms with Crippen molar-refractivity contribution in [2.24, 2.45) is 0 Å². The fourth-order valence-electron chi connectivity index (χ4n) is 4.42. The minimum Gasteiger partial charge on any atom is -0.492 e. The summed E-state index contributed by atoms with van der Waals surface area (Å²) in [6.07, 6.45) is 0.0365. The maximum absolute atomic E-state index is 6.80. The van der Waals surface area contributed by atoms with Crippen LogP contribution in [0.4, 0.5) is 0 Å². The molecule has 0 bridgehead atoms. The molecule has 188 valence electrons. The lowest BCUT2D eigenvalue weighted by atomic mass is 10.2. The molecule has 36 heavy (non-hydrogen) atoms. The van der Waals surface area contributed by atoms with Crippen molar-refractivity contribution in [1.29, 1.82) is 0 Å². The van der Waals surface area contributed by atoms with E-state index in [-0.39, 0.29) is 6.10 Å². The Morgan fingerprint density at radius 2 is 1.81 bits per heavy atom. The van der Waals surface area contributed by atoms with Crippen LogP contribution in [0.5, 0.6) is 11.6 Å². The van der Waals surface area contributed by atoms with Gasteiger partial charge >= 0.3 is 0 Å². The minimum atomic E-state index is 0.0365. The number of aromatic nitrogens is 3. The Morgan fingerprint density at radius 1 is 1.00 bits per heavy atom. The molecule has 1 aliphatic rings. The van der Waals surface area contributed by atoms with Crippen molar-refractivity contribution in [1.82, 2.24) is 24.8 Å². The first-order chi connectivity index (χ1) is 17.6. The number of piperazine rings is 1. The van der Waals surface area contributed by atoms with Gasteiger partial charge in [-0.15, -0.1) is 0 Å². The Kier molecular flexibility index (Phi) is 7.70. The molecule has 1 aliphatic heterocycles. The van der Waals surface area contributed by atoms with Crippen LogP contribution in [0.1, 0.15) is 19.4 Å². The zero-order valence-electron chi connectivity index (χ0n) is 20.8. The van der Waals surface area contributed by atoms with Gasteiger partial charge in [0.1, 0.15) is 18.2 Å². The van der Waals surface area contributed by atoms with Gasteiger partial charge < -0.3 is 19.4 Å². The summed E-state index contributed by atoms with van der Waals surface area (Å²) in [5.74, 6) is 2.09. The second-order valence-corrected chi connectivity index (χ2v) is 9.65. The summed E-state index contributed by atoms with van der Waals surface area (Å²) in [6, 6.07) is 20.1. The molecule has 8 heteroatoms. The average molecular weight is 506 g/mol. The Hall–Kier alpha value is -3.13. The molecule has 5 rings (SSSR count). The van der Waals surface area contributed by atoms with E-state index in [4.69, 9.17) is 26.1 Å². The highest BCUT2D eigenvalue weighted by molar-refractivity contribution is 6.33. The predicted molar refractivity (Wildman–Crippen MR) is 144 cm³/mol. The Bertz CT molecular complexity index is 1300. The highest BCUT2D eigenvalue weighted by atomic mass is 35.5. The molecule has 1 N–H and O–H groups in total. The normalized spacial score (nSPS) is 14.4. The molecule has 4 aromatic rings. The average Bonchev–Trinajstić information content (AvgIpc) is 3.22. The molecule has 2 aromatic heterocycles. The van der Waals surface area contributed by atoms with E-state index in [1.165, 1.54) is 5.56 Å². The molecule has 7 nitrogen and oxygen atoms in total. The van der Waals surface area contributed by atoms with Gasteiger partial charge in [0, 0.05) is 50.9 Å². The summed E-state index contributed by atoms with van der Waals surface area (Å²) in [6.45, 7) is 10.3. The SMILES string of the molecule is CC(C)Oc1ccc2c(n1)nc(-c1ccc(OCCN3CCNCC3)cc1Cl)n2Cc1ccccc1. The number of hydrogen-bond acceptors (Lipinski definition) is 6. The molecular formula is C28H32ClN5O2. The largest absolute Gasteiger partial charge is 0.492 e. The Labute approximate surface area is 217 Å². The van der Waals surface area contributed by atoms with Crippen LogP contribution in [-0.4, -0.2) is 64.9 Å². The van der Waals surface area contributed by atoms with Crippen LogP contribution in [0.15, 0.2) is 60.7 Å². The molecule has 0 aliphatic carbocycles. The van der Waals surface area contributed by atoms with Crippen LogP contribution in [0, 0.1) is 0 Å². The van der Waals surface area contributed by atoms with Gasteiger partial charge in [-0.2, -0.15) is 4.98 Å². The number of hydrogen-bond donors (Lipinski definition) is 1. The summed E-state index contributed by atoms with van der Waals surface area (Å²) >= 11 is 6.80. The van der Waals surface area contributed by atoms with E-state index in [9.17, 15) is 0 Å². The van der Waals surface area contributed by atoms with Gasteiger partial charge in [-0.3, -0.25) is 4.90 Å². The van der Waals surface area contributed by atoms with Crippen LogP contribution < -0.4 is 14.8 Å². The molecule has 0 saturated carbocycles. The zero-order chi connectivity index (χ0) is 24.9. The third kappa shape index (κ3) is 5.81. The summed E-state index contributed by atoms with van der Waals surface area (Å²) in [7, 11) is 0. The number of nitrogens with zero attached hydrogens (tertiary/aromatic N) is 4. The van der Waals surface area contributed by atoms with Gasteiger partial charge in [0.2, 0.25) is 5.88 Å². The Morgan fingerprint density at radius 3 is 2.56 bits per heavy atom. The number of pyridine rings is 1. The van der Waals surface area contributed by atoms with E-state index in [1.807, 2.05) is 62.4 Å². The smallest absolute Gasteiger partial charge is 0.215 e. The van der Waals surface area contributed by atoms with Gasteiger partial charge in [-0.1, -0.05) is 41.9 Å². The highest BCUT2D eigenvalue weighted by Gasteiger charge is 2.18. The molecule has 0 radical (unpaired) electrons. The fraction of sp³-hybridized carbons (Fsp3) is 0.357. The lowest BCUT2D eigenvalue weighted by Crippen LogP contribution is -2.44. The van der Waals surface area contributed by atoms with E-state index < -0.39 is 0 Å². The van der Waals surface area contributed by atoms with E-state index >= 15 is 0 Å². The van der Waals surface area contributed by atoms with Crippen LogP contribution in [-0.2, 0) is 6.54 Å². The molecule has 3 heterocycles. The van der Waals surface area contributed by atoms with Gasteiger partial charge in [0.05, 0.1) is 16.6 Å². The summed E-state index contributed by atoms with van der Waals surface area (Å²) in [4.78, 5) is 12.0. The Balaban J connectivity index is 1.43. The number of ether oxygens (including phenoxy) is 2. The first-order valence-corrected chi connectivity index (χ1v) is 12.9. The van der Waals surface area contributed by atoms with Gasteiger partial charge in [0.25, 0.3) is 0 Å². The van der Waals surface area contributed by atoms with Crippen molar-refractivity contribution in [3.05, 3.63) is 71.2 Å². The molecular weight excluding hydrogens is 474 g/mol. The number of imidazole rings is 1. The monoisotopic (exact) mass is 505 g/mol. The maximum atomic E-state index is 6.80. The van der Waals surface area contributed by atoms with Crippen molar-refractivity contribution in [2.75, 3.05) is 39.3 Å². The quantitative estimate of drug-likeness (QED) is 0.350. The van der Waals surface area contributed by atoms with Crippen molar-refractivity contribution < 1.29 is 9.47 Å². The topological polar surface area (TPSA) is 64.4 Å². The number of fused-ring (bicyclic) bond motifs is 1. The molecule has 2 aromatic carbocycles. The summed E-state index contributed by atoms with van der Waals surface area (Å²) in [5.41, 5.74) is 3.57. The number of halogens is 1. The lowest BCUT2D eigenvalue weighted by Gasteiger charge is -2.26. The first-order valence-electron chi connectivity index (χ1n) is 12.5. The van der Waals surface area contributed by atoms with Crippen molar-refractivity contribution in [3.8, 4) is 23.0 Å². The summed E-state index contributed by atoms with van der Waals surface area (Å²) in [5, 5.41) is 3.97. The fourth-order valence-corrected chi connectivity index (χ4v) is 4.68. The van der Waals surface area contributed by atoms with Crippen LogP contribution in [0.3, 0.4) is 0 Å². The number of benzene rings is 2. The molecule has 1 saturated heterocycles. The van der Waals surface area contributed by atoms with E-state index in [2.05, 4.69) is 31.9 Å².